The highest BCUT2D eigenvalue weighted by atomic mass is 16.6. The lowest BCUT2D eigenvalue weighted by Crippen LogP contribution is -2.49. The molecule has 4 aliphatic rings. The number of rotatable bonds is 14. The fourth-order valence-electron chi connectivity index (χ4n) is 8.43. The molecule has 0 aromatic carbocycles. The van der Waals surface area contributed by atoms with Gasteiger partial charge in [0, 0.05) is 90.1 Å². The lowest BCUT2D eigenvalue weighted by molar-refractivity contribution is 0.00449. The molecule has 0 radical (unpaired) electrons. The van der Waals surface area contributed by atoms with Crippen LogP contribution in [0.1, 0.15) is 120 Å². The van der Waals surface area contributed by atoms with E-state index in [0.717, 1.165) is 136 Å². The Morgan fingerprint density at radius 3 is 1.88 bits per heavy atom. The lowest BCUT2D eigenvalue weighted by Gasteiger charge is -2.39. The summed E-state index contributed by atoms with van der Waals surface area (Å²) in [5.41, 5.74) is 5.13. The van der Waals surface area contributed by atoms with Crippen LogP contribution in [0.3, 0.4) is 0 Å². The number of nitrogens with two attached hydrogens (primary N) is 1. The largest absolute Gasteiger partial charge is 0.444 e. The average molecular weight is 788 g/mol. The van der Waals surface area contributed by atoms with Crippen molar-refractivity contribution in [1.29, 1.82) is 0 Å². The van der Waals surface area contributed by atoms with Gasteiger partial charge in [0.15, 0.2) is 0 Å². The first-order chi connectivity index (χ1) is 26.2. The molecule has 2 amide bonds. The zero-order chi connectivity index (χ0) is 39.4. The molecule has 56 heavy (non-hydrogen) atoms. The number of hydrogen-bond acceptors (Lipinski definition) is 12. The zero-order valence-corrected chi connectivity index (χ0v) is 35.0. The maximum atomic E-state index is 13.6. The van der Waals surface area contributed by atoms with Crippen LogP contribution in [0.15, 0.2) is 6.07 Å². The van der Waals surface area contributed by atoms with Gasteiger partial charge in [0.1, 0.15) is 22.8 Å². The number of amides is 2. The summed E-state index contributed by atoms with van der Waals surface area (Å²) in [4.78, 5) is 47.5. The molecule has 0 atom stereocenters. The van der Waals surface area contributed by atoms with Gasteiger partial charge in [-0.1, -0.05) is 26.7 Å². The SMILES string of the molecule is C.CC(C)(C)OC(=O)N(CCCN(C(=O)OC(C)(C)C)C1CCC(CCNc2nc(N)cc(N3CCN(CCN4CCOCC4)CC3)n2)CC1)C1CCCCC1. The number of nitrogens with zero attached hydrogens (tertiary/aromatic N) is 7. The van der Waals surface area contributed by atoms with E-state index in [1.54, 1.807) is 0 Å². The van der Waals surface area contributed by atoms with Crippen LogP contribution in [-0.2, 0) is 14.2 Å². The summed E-state index contributed by atoms with van der Waals surface area (Å²) in [6.45, 7) is 23.2. The zero-order valence-electron chi connectivity index (χ0n) is 35.0. The number of hydrogen-bond donors (Lipinski definition) is 2. The highest BCUT2D eigenvalue weighted by Gasteiger charge is 2.33. The molecule has 1 aromatic heterocycles. The summed E-state index contributed by atoms with van der Waals surface area (Å²) in [6, 6.07) is 2.19. The lowest BCUT2D eigenvalue weighted by atomic mass is 9.83. The first kappa shape index (κ1) is 45.6. The molecule has 14 nitrogen and oxygen atoms in total. The Kier molecular flexibility index (Phi) is 17.6. The van der Waals surface area contributed by atoms with E-state index in [1.807, 2.05) is 57.4 Å². The molecule has 3 N–H and O–H groups in total. The van der Waals surface area contributed by atoms with E-state index < -0.39 is 11.2 Å². The average Bonchev–Trinajstić information content (AvgIpc) is 3.14. The molecule has 2 saturated heterocycles. The predicted molar refractivity (Wildman–Crippen MR) is 225 cm³/mol. The minimum absolute atomic E-state index is 0. The van der Waals surface area contributed by atoms with Crippen LogP contribution in [0.2, 0.25) is 0 Å². The van der Waals surface area contributed by atoms with E-state index in [9.17, 15) is 9.59 Å². The van der Waals surface area contributed by atoms with Crippen molar-refractivity contribution in [2.45, 2.75) is 143 Å². The summed E-state index contributed by atoms with van der Waals surface area (Å²) >= 11 is 0. The van der Waals surface area contributed by atoms with E-state index >= 15 is 0 Å². The fourth-order valence-corrected chi connectivity index (χ4v) is 8.43. The van der Waals surface area contributed by atoms with Crippen molar-refractivity contribution < 1.29 is 23.8 Å². The molecule has 4 fully saturated rings. The molecule has 0 bridgehead atoms. The Morgan fingerprint density at radius 1 is 0.786 bits per heavy atom. The van der Waals surface area contributed by atoms with Gasteiger partial charge in [-0.25, -0.2) is 9.59 Å². The number of ether oxygens (including phenoxy) is 3. The van der Waals surface area contributed by atoms with Crippen molar-refractivity contribution in [1.82, 2.24) is 29.6 Å². The van der Waals surface area contributed by atoms with Gasteiger partial charge in [-0.3, -0.25) is 9.80 Å². The standard InChI is InChI=1S/C41H73N9O5.CH4/c1-40(2,3)54-38(51)49(33-11-8-7-9-12-33)19-10-20-50(39(52)55-41(4,5)6)34-15-13-32(14-16-34)17-18-43-37-44-35(42)31-36(45-37)48-25-23-46(24-26-48)21-22-47-27-29-53-30-28-47;/h31-34H,7-30H2,1-6H3,(H3,42,43,44,45);1H4. The summed E-state index contributed by atoms with van der Waals surface area (Å²) in [6.07, 6.45) is 10.6. The maximum absolute atomic E-state index is 13.6. The van der Waals surface area contributed by atoms with Crippen LogP contribution in [-0.4, -0.2) is 150 Å². The number of piperazine rings is 1. The highest BCUT2D eigenvalue weighted by Crippen LogP contribution is 2.31. The van der Waals surface area contributed by atoms with E-state index in [4.69, 9.17) is 24.9 Å². The Morgan fingerprint density at radius 2 is 1.32 bits per heavy atom. The summed E-state index contributed by atoms with van der Waals surface area (Å²) < 4.78 is 17.2. The molecule has 3 heterocycles. The minimum atomic E-state index is -0.580. The van der Waals surface area contributed by atoms with Crippen LogP contribution < -0.4 is 16.0 Å². The van der Waals surface area contributed by atoms with Crippen molar-refractivity contribution >= 4 is 29.8 Å². The molecule has 2 saturated carbocycles. The third-order valence-electron chi connectivity index (χ3n) is 11.4. The number of nitrogen functional groups attached to an aromatic ring is 1. The van der Waals surface area contributed by atoms with Gasteiger partial charge in [0.05, 0.1) is 13.2 Å². The number of anilines is 3. The van der Waals surface area contributed by atoms with Gasteiger partial charge in [-0.15, -0.1) is 0 Å². The highest BCUT2D eigenvalue weighted by molar-refractivity contribution is 5.69. The molecule has 1 aromatic rings. The van der Waals surface area contributed by atoms with Gasteiger partial charge in [0.25, 0.3) is 0 Å². The second kappa shape index (κ2) is 21.6. The van der Waals surface area contributed by atoms with E-state index in [0.29, 0.717) is 37.2 Å². The first-order valence-electron chi connectivity index (χ1n) is 21.4. The van der Waals surface area contributed by atoms with E-state index in [-0.39, 0.29) is 31.7 Å². The van der Waals surface area contributed by atoms with Crippen LogP contribution in [0.4, 0.5) is 27.2 Å². The first-order valence-corrected chi connectivity index (χ1v) is 21.4. The molecule has 5 rings (SSSR count). The van der Waals surface area contributed by atoms with E-state index in [2.05, 4.69) is 25.0 Å². The van der Waals surface area contributed by atoms with Crippen LogP contribution in [0.5, 0.6) is 0 Å². The molecule has 2 aliphatic carbocycles. The quantitative estimate of drug-likeness (QED) is 0.207. The van der Waals surface area contributed by atoms with Crippen molar-refractivity contribution in [3.8, 4) is 0 Å². The third kappa shape index (κ3) is 15.0. The molecular weight excluding hydrogens is 711 g/mol. The van der Waals surface area contributed by atoms with Gasteiger partial charge >= 0.3 is 12.2 Å². The van der Waals surface area contributed by atoms with Crippen LogP contribution in [0.25, 0.3) is 0 Å². The maximum Gasteiger partial charge on any atom is 0.410 e. The van der Waals surface area contributed by atoms with Crippen molar-refractivity contribution in [3.05, 3.63) is 6.07 Å². The normalized spacial score (nSPS) is 21.9. The summed E-state index contributed by atoms with van der Waals surface area (Å²) in [7, 11) is 0. The monoisotopic (exact) mass is 788 g/mol. The number of nitrogens with one attached hydrogen (secondary N) is 1. The number of carbonyl (C=O) groups excluding carboxylic acids is 2. The Labute approximate surface area is 338 Å². The smallest absolute Gasteiger partial charge is 0.410 e. The number of carbonyl (C=O) groups is 2. The minimum Gasteiger partial charge on any atom is -0.444 e. The summed E-state index contributed by atoms with van der Waals surface area (Å²) in [5.74, 6) is 2.50. The van der Waals surface area contributed by atoms with Crippen molar-refractivity contribution in [3.63, 3.8) is 0 Å². The molecule has 320 valence electrons. The predicted octanol–water partition coefficient (Wildman–Crippen LogP) is 6.71. The molecule has 14 heteroatoms. The Hall–Kier alpha value is -3.10. The second-order valence-corrected chi connectivity index (χ2v) is 18.1. The molecule has 0 unspecified atom stereocenters. The second-order valence-electron chi connectivity index (χ2n) is 18.1. The third-order valence-corrected chi connectivity index (χ3v) is 11.4. The topological polar surface area (TPSA) is 142 Å². The van der Waals surface area contributed by atoms with Gasteiger partial charge in [0.2, 0.25) is 5.95 Å². The molecular formula is C42H77N9O5. The van der Waals surface area contributed by atoms with Crippen molar-refractivity contribution in [2.24, 2.45) is 5.92 Å². The van der Waals surface area contributed by atoms with Gasteiger partial charge < -0.3 is 40.0 Å². The Balaban J connectivity index is 0.00000696. The number of aromatic nitrogens is 2. The van der Waals surface area contributed by atoms with Gasteiger partial charge in [-0.05, 0) is 98.8 Å². The van der Waals surface area contributed by atoms with Crippen molar-refractivity contribution in [2.75, 3.05) is 101 Å². The van der Waals surface area contributed by atoms with Crippen LogP contribution in [0, 0.1) is 5.92 Å². The molecule has 0 spiro atoms. The van der Waals surface area contributed by atoms with E-state index in [1.165, 1.54) is 6.42 Å². The fraction of sp³-hybridized carbons (Fsp3) is 0.857. The summed E-state index contributed by atoms with van der Waals surface area (Å²) in [5, 5.41) is 3.46. The Bertz CT molecular complexity index is 1330. The molecule has 2 aliphatic heterocycles. The van der Waals surface area contributed by atoms with Gasteiger partial charge in [-0.2, -0.15) is 9.97 Å². The van der Waals surface area contributed by atoms with Crippen LogP contribution >= 0.6 is 0 Å². The number of morpholine rings is 1.